The van der Waals surface area contributed by atoms with Crippen molar-refractivity contribution in [2.24, 2.45) is 0 Å². The minimum absolute atomic E-state index is 0.161. The van der Waals surface area contributed by atoms with Crippen LogP contribution < -0.4 is 0 Å². The summed E-state index contributed by atoms with van der Waals surface area (Å²) in [5.74, 6) is -4.57. The van der Waals surface area contributed by atoms with Gasteiger partial charge in [0.25, 0.3) is 0 Å². The highest BCUT2D eigenvalue weighted by Gasteiger charge is 2.32. The molecule has 0 atom stereocenters. The number of hydrogen-bond donors (Lipinski definition) is 3. The minimum Gasteiger partial charge on any atom is -0.478 e. The van der Waals surface area contributed by atoms with Crippen molar-refractivity contribution >= 4 is 17.9 Å². The zero-order valence-electron chi connectivity index (χ0n) is 12.2. The van der Waals surface area contributed by atoms with E-state index in [1.807, 2.05) is 0 Å². The third-order valence-corrected chi connectivity index (χ3v) is 3.27. The van der Waals surface area contributed by atoms with Crippen molar-refractivity contribution in [3.8, 4) is 11.1 Å². The first-order valence-electron chi connectivity index (χ1n) is 6.56. The average molecular weight is 354 g/mol. The Morgan fingerprint density at radius 2 is 1.00 bits per heavy atom. The van der Waals surface area contributed by atoms with Gasteiger partial charge in [-0.3, -0.25) is 0 Å². The number of rotatable bonds is 4. The zero-order valence-corrected chi connectivity index (χ0v) is 12.2. The van der Waals surface area contributed by atoms with Crippen LogP contribution in [0.15, 0.2) is 36.4 Å². The molecule has 0 aromatic heterocycles. The predicted molar refractivity (Wildman–Crippen MR) is 77.8 cm³/mol. The summed E-state index contributed by atoms with van der Waals surface area (Å²) in [6.45, 7) is 0. The van der Waals surface area contributed by atoms with E-state index >= 15 is 0 Å². The molecule has 25 heavy (non-hydrogen) atoms. The number of carboxylic acids is 3. The number of benzene rings is 2. The summed E-state index contributed by atoms with van der Waals surface area (Å²) in [5, 5.41) is 27.0. The molecular weight excluding hydrogens is 345 g/mol. The largest absolute Gasteiger partial charge is 0.478 e. The van der Waals surface area contributed by atoms with E-state index in [2.05, 4.69) is 0 Å². The Morgan fingerprint density at radius 3 is 1.36 bits per heavy atom. The molecule has 0 amide bonds. The molecule has 0 spiro atoms. The lowest BCUT2D eigenvalue weighted by atomic mass is 9.96. The molecule has 0 fully saturated rings. The molecule has 2 aromatic carbocycles. The molecule has 0 unspecified atom stereocenters. The lowest BCUT2D eigenvalue weighted by Crippen LogP contribution is -2.08. The Hall–Kier alpha value is -3.36. The van der Waals surface area contributed by atoms with Gasteiger partial charge in [0.15, 0.2) is 0 Å². The van der Waals surface area contributed by atoms with Gasteiger partial charge in [0.1, 0.15) is 0 Å². The summed E-state index contributed by atoms with van der Waals surface area (Å²) in [7, 11) is 0. The molecule has 2 aromatic rings. The first-order valence-corrected chi connectivity index (χ1v) is 6.56. The topological polar surface area (TPSA) is 112 Å². The van der Waals surface area contributed by atoms with Gasteiger partial charge in [0, 0.05) is 0 Å². The third-order valence-electron chi connectivity index (χ3n) is 3.27. The molecule has 130 valence electrons. The van der Waals surface area contributed by atoms with Crippen LogP contribution in [0.3, 0.4) is 0 Å². The molecule has 0 bridgehead atoms. The summed E-state index contributed by atoms with van der Waals surface area (Å²) in [6.07, 6.45) is -4.83. The molecule has 0 saturated carbocycles. The first kappa shape index (κ1) is 18.0. The van der Waals surface area contributed by atoms with Crippen molar-refractivity contribution in [3.05, 3.63) is 58.7 Å². The summed E-state index contributed by atoms with van der Waals surface area (Å²) in [6, 6.07) is 4.75. The third kappa shape index (κ3) is 3.94. The van der Waals surface area contributed by atoms with Crippen LogP contribution in [-0.2, 0) is 6.18 Å². The molecular formula is C16H9F3O6. The Bertz CT molecular complexity index is 854. The van der Waals surface area contributed by atoms with E-state index in [4.69, 9.17) is 15.3 Å². The maximum absolute atomic E-state index is 13.0. The van der Waals surface area contributed by atoms with Crippen LogP contribution in [0, 0.1) is 0 Å². The Labute approximate surface area is 137 Å². The van der Waals surface area contributed by atoms with Gasteiger partial charge < -0.3 is 15.3 Å². The van der Waals surface area contributed by atoms with Crippen LogP contribution in [0.2, 0.25) is 0 Å². The highest BCUT2D eigenvalue weighted by Crippen LogP contribution is 2.34. The Balaban J connectivity index is 2.76. The molecule has 0 heterocycles. The van der Waals surface area contributed by atoms with Crippen LogP contribution in [0.1, 0.15) is 36.6 Å². The molecule has 0 aliphatic rings. The van der Waals surface area contributed by atoms with Crippen LogP contribution in [0.25, 0.3) is 11.1 Å². The van der Waals surface area contributed by atoms with Crippen LogP contribution in [0.5, 0.6) is 0 Å². The highest BCUT2D eigenvalue weighted by molar-refractivity contribution is 5.97. The van der Waals surface area contributed by atoms with Crippen LogP contribution in [-0.4, -0.2) is 33.2 Å². The van der Waals surface area contributed by atoms with Gasteiger partial charge in [-0.05, 0) is 47.5 Å². The van der Waals surface area contributed by atoms with Crippen molar-refractivity contribution in [2.45, 2.75) is 6.18 Å². The number of hydrogen-bond acceptors (Lipinski definition) is 3. The number of aromatic carboxylic acids is 3. The zero-order chi connectivity index (χ0) is 18.9. The average Bonchev–Trinajstić information content (AvgIpc) is 2.53. The van der Waals surface area contributed by atoms with Crippen molar-refractivity contribution in [3.63, 3.8) is 0 Å². The molecule has 9 heteroatoms. The SMILES string of the molecule is O=C(O)c1cc(C(=O)O)cc(-c2cc(C(=O)O)cc(C(F)(F)F)c2)c1. The smallest absolute Gasteiger partial charge is 0.416 e. The predicted octanol–water partition coefficient (Wildman–Crippen LogP) is 3.47. The lowest BCUT2D eigenvalue weighted by molar-refractivity contribution is -0.137. The van der Waals surface area contributed by atoms with E-state index in [0.29, 0.717) is 12.1 Å². The van der Waals surface area contributed by atoms with Gasteiger partial charge in [-0.1, -0.05) is 0 Å². The lowest BCUT2D eigenvalue weighted by Gasteiger charge is -2.12. The monoisotopic (exact) mass is 354 g/mol. The van der Waals surface area contributed by atoms with Gasteiger partial charge in [-0.2, -0.15) is 13.2 Å². The fourth-order valence-corrected chi connectivity index (χ4v) is 2.12. The fraction of sp³-hybridized carbons (Fsp3) is 0.0625. The van der Waals surface area contributed by atoms with E-state index in [0.717, 1.165) is 24.3 Å². The number of carboxylic acid groups (broad SMARTS) is 3. The second-order valence-electron chi connectivity index (χ2n) is 5.01. The van der Waals surface area contributed by atoms with E-state index in [1.54, 1.807) is 0 Å². The van der Waals surface area contributed by atoms with Crippen LogP contribution >= 0.6 is 0 Å². The molecule has 6 nitrogen and oxygen atoms in total. The first-order chi connectivity index (χ1) is 11.5. The summed E-state index contributed by atoms with van der Waals surface area (Å²) in [5.41, 5.74) is -3.25. The van der Waals surface area contributed by atoms with E-state index < -0.39 is 46.3 Å². The van der Waals surface area contributed by atoms with Crippen molar-refractivity contribution < 1.29 is 42.9 Å². The number of alkyl halides is 3. The normalized spacial score (nSPS) is 11.2. The van der Waals surface area contributed by atoms with Gasteiger partial charge in [-0.15, -0.1) is 0 Å². The highest BCUT2D eigenvalue weighted by atomic mass is 19.4. The van der Waals surface area contributed by atoms with E-state index in [-0.39, 0.29) is 11.1 Å². The number of carbonyl (C=O) groups is 3. The standard InChI is InChI=1S/C16H9F3O6/c17-16(18,19)12-5-8(3-11(6-12)15(24)25)7-1-9(13(20)21)4-10(2-7)14(22)23/h1-6H,(H,20,21)(H,22,23)(H,24,25). The number of halogens is 3. The second kappa shape index (κ2) is 6.27. The molecule has 0 aliphatic carbocycles. The maximum atomic E-state index is 13.0. The molecule has 0 radical (unpaired) electrons. The van der Waals surface area contributed by atoms with Crippen molar-refractivity contribution in [1.29, 1.82) is 0 Å². The van der Waals surface area contributed by atoms with Gasteiger partial charge in [0.2, 0.25) is 0 Å². The second-order valence-corrected chi connectivity index (χ2v) is 5.01. The summed E-state index contributed by atoms with van der Waals surface area (Å²) >= 11 is 0. The van der Waals surface area contributed by atoms with E-state index in [9.17, 15) is 27.6 Å². The molecule has 0 saturated heterocycles. The van der Waals surface area contributed by atoms with Crippen LogP contribution in [0.4, 0.5) is 13.2 Å². The van der Waals surface area contributed by atoms with Gasteiger partial charge >= 0.3 is 24.1 Å². The Kier molecular flexibility index (Phi) is 4.51. The van der Waals surface area contributed by atoms with Crippen molar-refractivity contribution in [2.75, 3.05) is 0 Å². The maximum Gasteiger partial charge on any atom is 0.416 e. The van der Waals surface area contributed by atoms with Gasteiger partial charge in [0.05, 0.1) is 22.3 Å². The Morgan fingerprint density at radius 1 is 0.640 bits per heavy atom. The molecule has 3 N–H and O–H groups in total. The quantitative estimate of drug-likeness (QED) is 0.775. The fourth-order valence-electron chi connectivity index (χ4n) is 2.12. The summed E-state index contributed by atoms with van der Waals surface area (Å²) < 4.78 is 38.9. The summed E-state index contributed by atoms with van der Waals surface area (Å²) in [4.78, 5) is 33.2. The van der Waals surface area contributed by atoms with E-state index in [1.165, 1.54) is 0 Å². The molecule has 0 aliphatic heterocycles. The minimum atomic E-state index is -4.83. The van der Waals surface area contributed by atoms with Gasteiger partial charge in [-0.25, -0.2) is 14.4 Å². The van der Waals surface area contributed by atoms with Crippen molar-refractivity contribution in [1.82, 2.24) is 0 Å². The molecule has 2 rings (SSSR count).